The summed E-state index contributed by atoms with van der Waals surface area (Å²) in [5, 5.41) is 0. The number of aromatic nitrogens is 1. The highest BCUT2D eigenvalue weighted by Gasteiger charge is 2.12. The normalized spacial score (nSPS) is 10.4. The molecule has 3 aromatic rings. The Balaban J connectivity index is 2.25. The molecule has 0 fully saturated rings. The molecule has 2 aromatic carbocycles. The van der Waals surface area contributed by atoms with Gasteiger partial charge in [0.2, 0.25) is 5.95 Å². The molecule has 19 heavy (non-hydrogen) atoms. The third-order valence-electron chi connectivity index (χ3n) is 3.05. The molecule has 0 N–H and O–H groups in total. The zero-order valence-corrected chi connectivity index (χ0v) is 10.3. The predicted octanol–water partition coefficient (Wildman–Crippen LogP) is 4.55. The highest BCUT2D eigenvalue weighted by atomic mass is 19.1. The minimum atomic E-state index is -0.437. The van der Waals surface area contributed by atoms with Gasteiger partial charge in [0.1, 0.15) is 0 Å². The van der Waals surface area contributed by atoms with Crippen LogP contribution < -0.4 is 0 Å². The molecule has 3 rings (SSSR count). The summed E-state index contributed by atoms with van der Waals surface area (Å²) in [5.41, 5.74) is 3.24. The number of hydrogen-bond donors (Lipinski definition) is 0. The number of hydrogen-bond acceptors (Lipinski definition) is 1. The average Bonchev–Trinajstić information content (AvgIpc) is 2.49. The molecule has 1 nitrogen and oxygen atoms in total. The molecule has 0 saturated carbocycles. The molecule has 0 saturated heterocycles. The first kappa shape index (κ1) is 11.6. The molecule has 0 spiro atoms. The van der Waals surface area contributed by atoms with Crippen molar-refractivity contribution in [2.75, 3.05) is 0 Å². The summed E-state index contributed by atoms with van der Waals surface area (Å²) in [6.07, 6.45) is 1.50. The van der Waals surface area contributed by atoms with Gasteiger partial charge in [-0.3, -0.25) is 0 Å². The van der Waals surface area contributed by atoms with Crippen molar-refractivity contribution in [3.05, 3.63) is 78.9 Å². The van der Waals surface area contributed by atoms with Crippen LogP contribution in [0.1, 0.15) is 0 Å². The van der Waals surface area contributed by atoms with Crippen molar-refractivity contribution < 1.29 is 4.39 Å². The Bertz CT molecular complexity index is 678. The molecule has 92 valence electrons. The lowest BCUT2D eigenvalue weighted by molar-refractivity contribution is 0.588. The van der Waals surface area contributed by atoms with E-state index in [1.165, 1.54) is 6.20 Å². The fraction of sp³-hybridized carbons (Fsp3) is 0. The highest BCUT2D eigenvalue weighted by molar-refractivity contribution is 5.82. The minimum Gasteiger partial charge on any atom is -0.228 e. The molecule has 1 aromatic heterocycles. The molecule has 0 amide bonds. The second-order valence-electron chi connectivity index (χ2n) is 4.26. The maximum Gasteiger partial charge on any atom is 0.221 e. The molecule has 1 heterocycles. The summed E-state index contributed by atoms with van der Waals surface area (Å²) in [7, 11) is 0. The molecular weight excluding hydrogens is 237 g/mol. The molecule has 0 atom stereocenters. The first-order chi connectivity index (χ1) is 9.36. The SMILES string of the molecule is Fc1nccc(-c2ccccc2)c1-c1ccccc1. The van der Waals surface area contributed by atoms with Gasteiger partial charge in [-0.05, 0) is 22.8 Å². The van der Waals surface area contributed by atoms with E-state index < -0.39 is 5.95 Å². The number of nitrogens with zero attached hydrogens (tertiary/aromatic N) is 1. The van der Waals surface area contributed by atoms with Gasteiger partial charge in [0, 0.05) is 11.8 Å². The van der Waals surface area contributed by atoms with E-state index in [1.807, 2.05) is 66.7 Å². The van der Waals surface area contributed by atoms with Crippen LogP contribution in [0.5, 0.6) is 0 Å². The Labute approximate surface area is 111 Å². The summed E-state index contributed by atoms with van der Waals surface area (Å²) in [6.45, 7) is 0. The number of halogens is 1. The standard InChI is InChI=1S/C17H12FN/c18-17-16(14-9-5-2-6-10-14)15(11-12-19-17)13-7-3-1-4-8-13/h1-12H. The van der Waals surface area contributed by atoms with Gasteiger partial charge < -0.3 is 0 Å². The van der Waals surface area contributed by atoms with Gasteiger partial charge in [0.05, 0.1) is 0 Å². The summed E-state index contributed by atoms with van der Waals surface area (Å²) in [4.78, 5) is 3.77. The van der Waals surface area contributed by atoms with E-state index in [0.717, 1.165) is 16.7 Å². The van der Waals surface area contributed by atoms with Gasteiger partial charge in [0.25, 0.3) is 0 Å². The van der Waals surface area contributed by atoms with E-state index >= 15 is 0 Å². The van der Waals surface area contributed by atoms with Crippen LogP contribution in [0.4, 0.5) is 4.39 Å². The fourth-order valence-corrected chi connectivity index (χ4v) is 2.17. The van der Waals surface area contributed by atoms with E-state index in [1.54, 1.807) is 0 Å². The Kier molecular flexibility index (Phi) is 3.07. The predicted molar refractivity (Wildman–Crippen MR) is 75.1 cm³/mol. The zero-order chi connectivity index (χ0) is 13.1. The summed E-state index contributed by atoms with van der Waals surface area (Å²) < 4.78 is 14.1. The second kappa shape index (κ2) is 5.02. The third-order valence-corrected chi connectivity index (χ3v) is 3.05. The molecule has 0 aliphatic heterocycles. The van der Waals surface area contributed by atoms with Crippen LogP contribution in [0.15, 0.2) is 72.9 Å². The molecular formula is C17H12FN. The number of rotatable bonds is 2. The van der Waals surface area contributed by atoms with Gasteiger partial charge in [-0.25, -0.2) is 4.98 Å². The van der Waals surface area contributed by atoms with Crippen molar-refractivity contribution in [1.82, 2.24) is 4.98 Å². The summed E-state index contributed by atoms with van der Waals surface area (Å²) in [5.74, 6) is -0.437. The van der Waals surface area contributed by atoms with Gasteiger partial charge in [-0.2, -0.15) is 4.39 Å². The van der Waals surface area contributed by atoms with Crippen LogP contribution in [0.25, 0.3) is 22.3 Å². The van der Waals surface area contributed by atoms with Gasteiger partial charge >= 0.3 is 0 Å². The number of benzene rings is 2. The van der Waals surface area contributed by atoms with Crippen LogP contribution >= 0.6 is 0 Å². The van der Waals surface area contributed by atoms with Crippen molar-refractivity contribution >= 4 is 0 Å². The van der Waals surface area contributed by atoms with Crippen LogP contribution in [0.3, 0.4) is 0 Å². The van der Waals surface area contributed by atoms with Crippen molar-refractivity contribution in [2.45, 2.75) is 0 Å². The van der Waals surface area contributed by atoms with Crippen LogP contribution in [0.2, 0.25) is 0 Å². The summed E-state index contributed by atoms with van der Waals surface area (Å²) in [6, 6.07) is 21.1. The minimum absolute atomic E-state index is 0.437. The van der Waals surface area contributed by atoms with E-state index in [2.05, 4.69) is 4.98 Å². The Hall–Kier alpha value is -2.48. The quantitative estimate of drug-likeness (QED) is 0.607. The summed E-state index contributed by atoms with van der Waals surface area (Å²) >= 11 is 0. The van der Waals surface area contributed by atoms with Gasteiger partial charge in [-0.15, -0.1) is 0 Å². The zero-order valence-electron chi connectivity index (χ0n) is 10.3. The fourth-order valence-electron chi connectivity index (χ4n) is 2.17. The van der Waals surface area contributed by atoms with Crippen LogP contribution in [0, 0.1) is 5.95 Å². The third kappa shape index (κ3) is 2.25. The van der Waals surface area contributed by atoms with Crippen LogP contribution in [-0.4, -0.2) is 4.98 Å². The molecule has 0 bridgehead atoms. The monoisotopic (exact) mass is 249 g/mol. The maximum absolute atomic E-state index is 14.1. The lowest BCUT2D eigenvalue weighted by Gasteiger charge is -2.10. The Morgan fingerprint density at radius 2 is 1.26 bits per heavy atom. The van der Waals surface area contributed by atoms with E-state index in [4.69, 9.17) is 0 Å². The first-order valence-corrected chi connectivity index (χ1v) is 6.11. The molecule has 0 aliphatic rings. The topological polar surface area (TPSA) is 12.9 Å². The van der Waals surface area contributed by atoms with Crippen molar-refractivity contribution in [3.63, 3.8) is 0 Å². The van der Waals surface area contributed by atoms with E-state index in [9.17, 15) is 4.39 Å². The van der Waals surface area contributed by atoms with E-state index in [-0.39, 0.29) is 0 Å². The Morgan fingerprint density at radius 1 is 0.684 bits per heavy atom. The lowest BCUT2D eigenvalue weighted by atomic mass is 9.96. The Morgan fingerprint density at radius 3 is 1.89 bits per heavy atom. The largest absolute Gasteiger partial charge is 0.228 e. The first-order valence-electron chi connectivity index (χ1n) is 6.11. The highest BCUT2D eigenvalue weighted by Crippen LogP contribution is 2.32. The maximum atomic E-state index is 14.1. The average molecular weight is 249 g/mol. The second-order valence-corrected chi connectivity index (χ2v) is 4.26. The lowest BCUT2D eigenvalue weighted by Crippen LogP contribution is -1.92. The molecule has 0 unspecified atom stereocenters. The van der Waals surface area contributed by atoms with E-state index in [0.29, 0.717) is 5.56 Å². The molecule has 2 heteroatoms. The molecule has 0 radical (unpaired) electrons. The van der Waals surface area contributed by atoms with Crippen molar-refractivity contribution in [3.8, 4) is 22.3 Å². The van der Waals surface area contributed by atoms with Gasteiger partial charge in [-0.1, -0.05) is 60.7 Å². The van der Waals surface area contributed by atoms with Crippen LogP contribution in [-0.2, 0) is 0 Å². The smallest absolute Gasteiger partial charge is 0.221 e. The van der Waals surface area contributed by atoms with Crippen molar-refractivity contribution in [2.24, 2.45) is 0 Å². The number of pyridine rings is 1. The van der Waals surface area contributed by atoms with Crippen molar-refractivity contribution in [1.29, 1.82) is 0 Å². The van der Waals surface area contributed by atoms with Gasteiger partial charge in [0.15, 0.2) is 0 Å². The molecule has 0 aliphatic carbocycles.